The van der Waals surface area contributed by atoms with Crippen LogP contribution < -0.4 is 21.1 Å². The molecule has 2 aliphatic rings. The number of fused-ring (bicyclic) bond motifs is 5. The molecule has 43 heavy (non-hydrogen) atoms. The Balaban J connectivity index is 1.54. The molecule has 0 bridgehead atoms. The van der Waals surface area contributed by atoms with Crippen LogP contribution in [0.3, 0.4) is 0 Å². The van der Waals surface area contributed by atoms with Crippen molar-refractivity contribution < 1.29 is 23.4 Å². The van der Waals surface area contributed by atoms with Crippen LogP contribution in [0.2, 0.25) is 0 Å². The van der Waals surface area contributed by atoms with Gasteiger partial charge in [-0.3, -0.25) is 9.69 Å². The summed E-state index contributed by atoms with van der Waals surface area (Å²) < 4.78 is 38.1. The van der Waals surface area contributed by atoms with Crippen molar-refractivity contribution in [3.8, 4) is 11.1 Å². The van der Waals surface area contributed by atoms with Crippen LogP contribution in [-0.4, -0.2) is 95.1 Å². The third-order valence-corrected chi connectivity index (χ3v) is 8.55. The van der Waals surface area contributed by atoms with Gasteiger partial charge in [0.1, 0.15) is 11.2 Å². The topological polar surface area (TPSA) is 141 Å². The van der Waals surface area contributed by atoms with Crippen LogP contribution in [0.25, 0.3) is 44.1 Å². The van der Waals surface area contributed by atoms with Crippen molar-refractivity contribution in [3.63, 3.8) is 0 Å². The lowest BCUT2D eigenvalue weighted by Gasteiger charge is -2.33. The molecule has 0 saturated carbocycles. The van der Waals surface area contributed by atoms with E-state index in [1.807, 2.05) is 7.05 Å². The summed E-state index contributed by atoms with van der Waals surface area (Å²) in [6, 6.07) is 2.73. The molecule has 1 aromatic carbocycles. The van der Waals surface area contributed by atoms with Crippen LogP contribution in [0.1, 0.15) is 10.4 Å². The van der Waals surface area contributed by atoms with E-state index in [9.17, 15) is 19.1 Å². The number of aromatic amines is 1. The Hall–Kier alpha value is -4.82. The number of pyridine rings is 3. The van der Waals surface area contributed by atoms with E-state index < -0.39 is 28.6 Å². The average Bonchev–Trinajstić information content (AvgIpc) is 3.61. The largest absolute Gasteiger partial charge is 0.477 e. The van der Waals surface area contributed by atoms with Crippen LogP contribution in [0.5, 0.6) is 0 Å². The van der Waals surface area contributed by atoms with Gasteiger partial charge in [-0.2, -0.15) is 0 Å². The van der Waals surface area contributed by atoms with E-state index in [2.05, 4.69) is 35.5 Å². The molecular formula is C29H28F2N8O4. The van der Waals surface area contributed by atoms with Crippen molar-refractivity contribution in [1.29, 1.82) is 0 Å². The van der Waals surface area contributed by atoms with Gasteiger partial charge < -0.3 is 30.5 Å². The SMILES string of the molecule is CNc1cc(F)c(F)c2c1[nH]c1ncc(-c3cnc4c(c3)c(=O)c(C(=O)O)cn4NC)c(N3C[C@H]4OCCN(C)[C@H]4C3)c12. The number of nitrogens with one attached hydrogen (secondary N) is 3. The Labute approximate surface area is 242 Å². The van der Waals surface area contributed by atoms with Crippen molar-refractivity contribution >= 4 is 50.3 Å². The molecule has 222 valence electrons. The zero-order valence-electron chi connectivity index (χ0n) is 23.5. The van der Waals surface area contributed by atoms with Gasteiger partial charge in [0.15, 0.2) is 17.3 Å². The standard InChI is InChI=1S/C29H28F2N8O4/c1-32-18-7-17(30)23(31)21-22-25(38-11-19-20(12-38)43-5-4-37(19)3)15(9-34-27(22)36-24(18)21)13-6-14-26(40)16(29(41)42)10-39(33-2)28(14)35-8-13/h6-10,19-20,32-33H,4-5,11-12H2,1-3H3,(H,34,36)(H,41,42)/t19-,20+/m0/s1. The number of carboxylic acids is 1. The van der Waals surface area contributed by atoms with Crippen LogP contribution >= 0.6 is 0 Å². The number of aromatic nitrogens is 4. The number of hydrogen-bond acceptors (Lipinski definition) is 9. The fourth-order valence-corrected chi connectivity index (χ4v) is 6.40. The summed E-state index contributed by atoms with van der Waals surface area (Å²) in [5.74, 6) is -3.39. The van der Waals surface area contributed by atoms with Gasteiger partial charge in [0.25, 0.3) is 0 Å². The predicted octanol–water partition coefficient (Wildman–Crippen LogP) is 2.80. The maximum atomic E-state index is 15.7. The second-order valence-corrected chi connectivity index (χ2v) is 10.8. The smallest absolute Gasteiger partial charge is 0.341 e. The quantitative estimate of drug-likeness (QED) is 0.242. The average molecular weight is 591 g/mol. The number of nitrogens with zero attached hydrogens (tertiary/aromatic N) is 5. The molecule has 12 nitrogen and oxygen atoms in total. The molecule has 4 aromatic heterocycles. The second kappa shape index (κ2) is 9.88. The molecule has 2 saturated heterocycles. The van der Waals surface area contributed by atoms with E-state index in [4.69, 9.17) is 4.74 Å². The number of morpholine rings is 1. The van der Waals surface area contributed by atoms with Gasteiger partial charge in [0, 0.05) is 69.5 Å². The monoisotopic (exact) mass is 590 g/mol. The summed E-state index contributed by atoms with van der Waals surface area (Å²) in [5, 5.41) is 13.1. The molecule has 14 heteroatoms. The Morgan fingerprint density at radius 2 is 1.98 bits per heavy atom. The molecule has 6 heterocycles. The van der Waals surface area contributed by atoms with E-state index in [-0.39, 0.29) is 28.6 Å². The Kier molecular flexibility index (Phi) is 6.21. The number of carboxylic acid groups (broad SMARTS) is 1. The lowest BCUT2D eigenvalue weighted by Crippen LogP contribution is -2.48. The molecule has 2 aliphatic heterocycles. The van der Waals surface area contributed by atoms with Crippen molar-refractivity contribution in [1.82, 2.24) is 24.5 Å². The predicted molar refractivity (Wildman–Crippen MR) is 159 cm³/mol. The van der Waals surface area contributed by atoms with Crippen LogP contribution in [0, 0.1) is 11.6 Å². The summed E-state index contributed by atoms with van der Waals surface area (Å²) in [4.78, 5) is 41.7. The summed E-state index contributed by atoms with van der Waals surface area (Å²) in [6.45, 7) is 2.39. The van der Waals surface area contributed by atoms with Gasteiger partial charge in [-0.1, -0.05) is 0 Å². The third-order valence-electron chi connectivity index (χ3n) is 8.55. The summed E-state index contributed by atoms with van der Waals surface area (Å²) >= 11 is 0. The molecule has 2 atom stereocenters. The Bertz CT molecular complexity index is 2030. The number of anilines is 2. The number of benzene rings is 1. The molecule has 7 rings (SSSR count). The highest BCUT2D eigenvalue weighted by molar-refractivity contribution is 6.18. The fraction of sp³-hybridized carbons (Fsp3) is 0.310. The highest BCUT2D eigenvalue weighted by Crippen LogP contribution is 2.44. The van der Waals surface area contributed by atoms with Gasteiger partial charge in [0.05, 0.1) is 51.8 Å². The fourth-order valence-electron chi connectivity index (χ4n) is 6.40. The summed E-state index contributed by atoms with van der Waals surface area (Å²) in [6.07, 6.45) is 4.24. The first-order valence-corrected chi connectivity index (χ1v) is 13.8. The van der Waals surface area contributed by atoms with E-state index in [1.165, 1.54) is 10.9 Å². The first-order valence-electron chi connectivity index (χ1n) is 13.8. The summed E-state index contributed by atoms with van der Waals surface area (Å²) in [7, 11) is 5.24. The number of rotatable bonds is 5. The van der Waals surface area contributed by atoms with Crippen LogP contribution in [0.4, 0.5) is 20.2 Å². The maximum Gasteiger partial charge on any atom is 0.341 e. The molecule has 2 fully saturated rings. The van der Waals surface area contributed by atoms with Gasteiger partial charge in [-0.25, -0.2) is 28.2 Å². The van der Waals surface area contributed by atoms with E-state index in [0.717, 1.165) is 12.6 Å². The molecule has 0 radical (unpaired) electrons. The number of carbonyl (C=O) groups is 1. The molecule has 0 unspecified atom stereocenters. The van der Waals surface area contributed by atoms with Crippen molar-refractivity contribution in [3.05, 3.63) is 58.1 Å². The van der Waals surface area contributed by atoms with Crippen LogP contribution in [-0.2, 0) is 4.74 Å². The normalized spacial score (nSPS) is 19.0. The van der Waals surface area contributed by atoms with E-state index in [0.29, 0.717) is 58.7 Å². The minimum Gasteiger partial charge on any atom is -0.477 e. The van der Waals surface area contributed by atoms with Crippen molar-refractivity contribution in [2.45, 2.75) is 12.1 Å². The number of hydrogen-bond donors (Lipinski definition) is 4. The molecule has 0 aliphatic carbocycles. The van der Waals surface area contributed by atoms with Gasteiger partial charge >= 0.3 is 5.97 Å². The second-order valence-electron chi connectivity index (χ2n) is 10.8. The third kappa shape index (κ3) is 4.01. The van der Waals surface area contributed by atoms with Gasteiger partial charge in [-0.05, 0) is 13.1 Å². The van der Waals surface area contributed by atoms with Crippen LogP contribution in [0.15, 0.2) is 35.5 Å². The number of aromatic carboxylic acids is 1. The molecule has 4 N–H and O–H groups in total. The lowest BCUT2D eigenvalue weighted by atomic mass is 10.0. The minimum atomic E-state index is -1.37. The molecule has 5 aromatic rings. The van der Waals surface area contributed by atoms with Gasteiger partial charge in [0.2, 0.25) is 5.43 Å². The minimum absolute atomic E-state index is 0.0484. The van der Waals surface area contributed by atoms with Crippen molar-refractivity contribution in [2.75, 3.05) is 63.0 Å². The number of H-pyrrole nitrogens is 1. The van der Waals surface area contributed by atoms with E-state index in [1.54, 1.807) is 32.6 Å². The van der Waals surface area contributed by atoms with E-state index >= 15 is 4.39 Å². The lowest BCUT2D eigenvalue weighted by molar-refractivity contribution is -0.0362. The molecule has 0 spiro atoms. The Morgan fingerprint density at radius 1 is 1.16 bits per heavy atom. The first-order chi connectivity index (χ1) is 20.7. The van der Waals surface area contributed by atoms with Crippen molar-refractivity contribution in [2.24, 2.45) is 0 Å². The first kappa shape index (κ1) is 27.0. The molecular weight excluding hydrogens is 562 g/mol. The van der Waals surface area contributed by atoms with Gasteiger partial charge in [-0.15, -0.1) is 0 Å². The Morgan fingerprint density at radius 3 is 2.70 bits per heavy atom. The zero-order chi connectivity index (χ0) is 30.2. The number of ether oxygens (including phenoxy) is 1. The molecule has 0 amide bonds. The maximum absolute atomic E-state index is 15.7. The number of likely N-dealkylation sites (N-methyl/N-ethyl adjacent to an activating group) is 1. The summed E-state index contributed by atoms with van der Waals surface area (Å²) in [5.41, 5.74) is 4.61. The highest BCUT2D eigenvalue weighted by atomic mass is 19.2. The zero-order valence-corrected chi connectivity index (χ0v) is 23.5. The number of halogens is 2. The highest BCUT2D eigenvalue weighted by Gasteiger charge is 2.40.